The Balaban J connectivity index is 1.53. The fraction of sp³-hybridized carbons (Fsp3) is 0.480. The highest BCUT2D eigenvalue weighted by Gasteiger charge is 2.37. The summed E-state index contributed by atoms with van der Waals surface area (Å²) in [6.07, 6.45) is 1.45. The van der Waals surface area contributed by atoms with Crippen LogP contribution in [0.3, 0.4) is 0 Å². The molecule has 0 bridgehead atoms. The van der Waals surface area contributed by atoms with Crippen molar-refractivity contribution in [2.24, 2.45) is 0 Å². The topological polar surface area (TPSA) is 60.5 Å². The molecule has 1 saturated heterocycles. The lowest BCUT2D eigenvalue weighted by Gasteiger charge is -2.45. The Bertz CT molecular complexity index is 920. The number of methoxy groups -OCH3 is 3. The third-order valence-electron chi connectivity index (χ3n) is 6.48. The molecular weight excluding hydrogens is 408 g/mol. The van der Waals surface area contributed by atoms with E-state index in [-0.39, 0.29) is 18.2 Å². The number of hydrogen-bond acceptors (Lipinski definition) is 6. The van der Waals surface area contributed by atoms with Crippen LogP contribution in [0.4, 0.5) is 4.79 Å². The Kier molecular flexibility index (Phi) is 7.17. The monoisotopic (exact) mass is 440 g/mol. The minimum absolute atomic E-state index is 0.0396. The van der Waals surface area contributed by atoms with Gasteiger partial charge in [-0.05, 0) is 41.7 Å². The van der Waals surface area contributed by atoms with Crippen LogP contribution in [0.15, 0.2) is 42.5 Å². The maximum absolute atomic E-state index is 12.2. The first-order valence-corrected chi connectivity index (χ1v) is 11.1. The third-order valence-corrected chi connectivity index (χ3v) is 6.48. The molecule has 2 heterocycles. The van der Waals surface area contributed by atoms with Crippen molar-refractivity contribution in [1.82, 2.24) is 9.80 Å². The summed E-state index contributed by atoms with van der Waals surface area (Å²) in [7, 11) is 4.76. The van der Waals surface area contributed by atoms with Crippen molar-refractivity contribution >= 4 is 6.09 Å². The number of nitrogens with zero attached hydrogens (tertiary/aromatic N) is 2. The molecule has 0 aromatic heterocycles. The number of benzene rings is 2. The summed E-state index contributed by atoms with van der Waals surface area (Å²) in [6.45, 7) is 3.47. The summed E-state index contributed by atoms with van der Waals surface area (Å²) in [6, 6.07) is 14.5. The molecule has 0 unspecified atom stereocenters. The number of amides is 1. The van der Waals surface area contributed by atoms with Crippen molar-refractivity contribution in [3.8, 4) is 11.5 Å². The molecule has 2 atom stereocenters. The lowest BCUT2D eigenvalue weighted by molar-refractivity contribution is -0.0639. The van der Waals surface area contributed by atoms with Gasteiger partial charge in [-0.25, -0.2) is 4.79 Å². The lowest BCUT2D eigenvalue weighted by Crippen LogP contribution is -2.58. The highest BCUT2D eigenvalue weighted by molar-refractivity contribution is 5.67. The van der Waals surface area contributed by atoms with Gasteiger partial charge in [0.1, 0.15) is 0 Å². The van der Waals surface area contributed by atoms with Gasteiger partial charge >= 0.3 is 6.09 Å². The second-order valence-electron chi connectivity index (χ2n) is 8.30. The normalized spacial score (nSPS) is 21.0. The number of carbonyl (C=O) groups excluding carboxylic acids is 1. The summed E-state index contributed by atoms with van der Waals surface area (Å²) >= 11 is 0. The molecule has 0 saturated carbocycles. The molecule has 0 spiro atoms. The van der Waals surface area contributed by atoms with E-state index < -0.39 is 0 Å². The van der Waals surface area contributed by atoms with Crippen LogP contribution in [-0.2, 0) is 29.0 Å². The van der Waals surface area contributed by atoms with Gasteiger partial charge in [0, 0.05) is 26.2 Å². The second-order valence-corrected chi connectivity index (χ2v) is 8.30. The van der Waals surface area contributed by atoms with Gasteiger partial charge in [-0.1, -0.05) is 30.3 Å². The minimum Gasteiger partial charge on any atom is -0.493 e. The third kappa shape index (κ3) is 4.84. The first-order valence-electron chi connectivity index (χ1n) is 11.1. The van der Waals surface area contributed by atoms with Crippen molar-refractivity contribution in [2.75, 3.05) is 41.0 Å². The molecule has 2 aromatic carbocycles. The van der Waals surface area contributed by atoms with E-state index in [1.165, 1.54) is 18.2 Å². The summed E-state index contributed by atoms with van der Waals surface area (Å²) in [5, 5.41) is 0. The fourth-order valence-electron chi connectivity index (χ4n) is 4.72. The molecule has 1 amide bonds. The molecule has 32 heavy (non-hydrogen) atoms. The Morgan fingerprint density at radius 3 is 2.41 bits per heavy atom. The zero-order valence-corrected chi connectivity index (χ0v) is 19.1. The molecule has 7 nitrogen and oxygen atoms in total. The first-order chi connectivity index (χ1) is 15.6. The molecule has 2 aliphatic heterocycles. The van der Waals surface area contributed by atoms with Crippen molar-refractivity contribution < 1.29 is 23.7 Å². The molecule has 172 valence electrons. The van der Waals surface area contributed by atoms with Gasteiger partial charge in [0.25, 0.3) is 0 Å². The van der Waals surface area contributed by atoms with E-state index in [0.29, 0.717) is 19.7 Å². The summed E-state index contributed by atoms with van der Waals surface area (Å²) < 4.78 is 22.4. The number of rotatable bonds is 6. The van der Waals surface area contributed by atoms with Crippen LogP contribution in [0.5, 0.6) is 11.5 Å². The average Bonchev–Trinajstić information content (AvgIpc) is 2.86. The molecule has 7 heteroatoms. The number of piperidine rings is 1. The van der Waals surface area contributed by atoms with E-state index in [1.54, 1.807) is 19.1 Å². The van der Waals surface area contributed by atoms with Gasteiger partial charge in [0.05, 0.1) is 40.1 Å². The van der Waals surface area contributed by atoms with Gasteiger partial charge in [0.15, 0.2) is 11.5 Å². The van der Waals surface area contributed by atoms with Crippen LogP contribution >= 0.6 is 0 Å². The van der Waals surface area contributed by atoms with Gasteiger partial charge in [0.2, 0.25) is 0 Å². The summed E-state index contributed by atoms with van der Waals surface area (Å²) in [5.41, 5.74) is 3.66. The van der Waals surface area contributed by atoms with Crippen LogP contribution in [0.2, 0.25) is 0 Å². The summed E-state index contributed by atoms with van der Waals surface area (Å²) in [5.74, 6) is 1.50. The zero-order valence-electron chi connectivity index (χ0n) is 19.1. The van der Waals surface area contributed by atoms with Crippen molar-refractivity contribution in [3.63, 3.8) is 0 Å². The largest absolute Gasteiger partial charge is 0.493 e. The number of likely N-dealkylation sites (tertiary alicyclic amines) is 1. The first kappa shape index (κ1) is 22.4. The SMILES string of the molecule is COC(=O)N1CC[C@@H](OCc2ccccc2)[C@H](N2CCc3cc(OC)c(OC)cc3C2)C1. The molecular formula is C25H32N2O5. The van der Waals surface area contributed by atoms with E-state index in [4.69, 9.17) is 18.9 Å². The van der Waals surface area contributed by atoms with Crippen molar-refractivity contribution in [1.29, 1.82) is 0 Å². The number of hydrogen-bond donors (Lipinski definition) is 0. The minimum atomic E-state index is -0.277. The van der Waals surface area contributed by atoms with E-state index >= 15 is 0 Å². The van der Waals surface area contributed by atoms with E-state index in [1.807, 2.05) is 18.2 Å². The Morgan fingerprint density at radius 1 is 1.00 bits per heavy atom. The number of carbonyl (C=O) groups is 1. The van der Waals surface area contributed by atoms with Crippen LogP contribution < -0.4 is 9.47 Å². The van der Waals surface area contributed by atoms with Crippen molar-refractivity contribution in [3.05, 3.63) is 59.2 Å². The highest BCUT2D eigenvalue weighted by atomic mass is 16.5. The predicted octanol–water partition coefficient (Wildman–Crippen LogP) is 3.49. The lowest BCUT2D eigenvalue weighted by atomic mass is 9.94. The molecule has 1 fully saturated rings. The Morgan fingerprint density at radius 2 is 1.72 bits per heavy atom. The van der Waals surface area contributed by atoms with Gasteiger partial charge in [-0.3, -0.25) is 4.90 Å². The Labute approximate surface area is 189 Å². The quantitative estimate of drug-likeness (QED) is 0.685. The molecule has 0 N–H and O–H groups in total. The fourth-order valence-corrected chi connectivity index (χ4v) is 4.72. The second kappa shape index (κ2) is 10.2. The Hall–Kier alpha value is -2.77. The smallest absolute Gasteiger partial charge is 0.409 e. The number of fused-ring (bicyclic) bond motifs is 1. The van der Waals surface area contributed by atoms with Gasteiger partial charge in [-0.15, -0.1) is 0 Å². The van der Waals surface area contributed by atoms with E-state index in [0.717, 1.165) is 43.0 Å². The molecule has 2 aromatic rings. The standard InChI is InChI=1S/C25H32N2O5/c1-29-23-13-19-9-11-26(15-20(19)14-24(23)30-2)21-16-27(25(28)31-3)12-10-22(21)32-17-18-7-5-4-6-8-18/h4-8,13-14,21-22H,9-12,15-17H2,1-3H3/t21-,22-/m1/s1. The van der Waals surface area contributed by atoms with Crippen LogP contribution in [0.25, 0.3) is 0 Å². The van der Waals surface area contributed by atoms with E-state index in [9.17, 15) is 4.79 Å². The predicted molar refractivity (Wildman–Crippen MR) is 121 cm³/mol. The average molecular weight is 441 g/mol. The molecule has 4 rings (SSSR count). The number of ether oxygens (including phenoxy) is 4. The van der Waals surface area contributed by atoms with Crippen LogP contribution in [0, 0.1) is 0 Å². The molecule has 2 aliphatic rings. The highest BCUT2D eigenvalue weighted by Crippen LogP contribution is 2.34. The van der Waals surface area contributed by atoms with Crippen LogP contribution in [0.1, 0.15) is 23.1 Å². The van der Waals surface area contributed by atoms with E-state index in [2.05, 4.69) is 29.2 Å². The molecule has 0 radical (unpaired) electrons. The van der Waals surface area contributed by atoms with Crippen molar-refractivity contribution in [2.45, 2.75) is 38.1 Å². The molecule has 0 aliphatic carbocycles. The maximum Gasteiger partial charge on any atom is 0.409 e. The zero-order chi connectivity index (χ0) is 22.5. The van der Waals surface area contributed by atoms with Gasteiger partial charge < -0.3 is 23.8 Å². The maximum atomic E-state index is 12.2. The van der Waals surface area contributed by atoms with Gasteiger partial charge in [-0.2, -0.15) is 0 Å². The summed E-state index contributed by atoms with van der Waals surface area (Å²) in [4.78, 5) is 16.5. The van der Waals surface area contributed by atoms with Crippen LogP contribution in [-0.4, -0.2) is 69.0 Å².